The molecule has 0 spiro atoms. The van der Waals surface area contributed by atoms with Crippen LogP contribution < -0.4 is 0 Å². The SMILES string of the molecule is c1ccc(Cn2c(SCCCc3nc(-c4ccccc4)no3)nnc2C2CC2)cc1. The number of rotatable bonds is 9. The summed E-state index contributed by atoms with van der Waals surface area (Å²) in [6.45, 7) is 0.825. The Morgan fingerprint density at radius 2 is 1.73 bits per heavy atom. The second-order valence-corrected chi connectivity index (χ2v) is 8.58. The summed E-state index contributed by atoms with van der Waals surface area (Å²) in [4.78, 5) is 4.51. The molecule has 5 rings (SSSR count). The lowest BCUT2D eigenvalue weighted by Crippen LogP contribution is -2.06. The number of aromatic nitrogens is 5. The standard InChI is InChI=1S/C23H23N5OS/c1-3-8-17(9-4-1)16-28-22(19-13-14-19)25-26-23(28)30-15-7-12-20-24-21(27-29-20)18-10-5-2-6-11-18/h1-6,8-11,19H,7,12-16H2. The highest BCUT2D eigenvalue weighted by Gasteiger charge is 2.30. The molecule has 1 aliphatic rings. The van der Waals surface area contributed by atoms with Crippen LogP contribution in [0.2, 0.25) is 0 Å². The van der Waals surface area contributed by atoms with E-state index in [4.69, 9.17) is 4.52 Å². The first-order valence-electron chi connectivity index (χ1n) is 10.3. The van der Waals surface area contributed by atoms with Gasteiger partial charge in [0.25, 0.3) is 0 Å². The van der Waals surface area contributed by atoms with Crippen LogP contribution in [-0.2, 0) is 13.0 Å². The van der Waals surface area contributed by atoms with Crippen molar-refractivity contribution in [1.82, 2.24) is 24.9 Å². The Hall–Kier alpha value is -2.93. The Bertz CT molecular complexity index is 1090. The van der Waals surface area contributed by atoms with Crippen LogP contribution in [0, 0.1) is 0 Å². The first-order chi connectivity index (χ1) is 14.9. The van der Waals surface area contributed by atoms with E-state index in [-0.39, 0.29) is 0 Å². The Morgan fingerprint density at radius 3 is 2.50 bits per heavy atom. The molecule has 0 amide bonds. The molecule has 0 bridgehead atoms. The summed E-state index contributed by atoms with van der Waals surface area (Å²) in [6, 6.07) is 20.4. The molecular formula is C23H23N5OS. The second kappa shape index (κ2) is 8.83. The molecule has 4 aromatic rings. The Kier molecular flexibility index (Phi) is 5.61. The molecule has 2 aromatic heterocycles. The summed E-state index contributed by atoms with van der Waals surface area (Å²) in [5.41, 5.74) is 2.25. The third-order valence-corrected chi connectivity index (χ3v) is 6.19. The van der Waals surface area contributed by atoms with E-state index in [1.165, 1.54) is 18.4 Å². The van der Waals surface area contributed by atoms with Gasteiger partial charge in [-0.2, -0.15) is 4.98 Å². The zero-order valence-corrected chi connectivity index (χ0v) is 17.5. The van der Waals surface area contributed by atoms with Gasteiger partial charge >= 0.3 is 0 Å². The van der Waals surface area contributed by atoms with Gasteiger partial charge < -0.3 is 9.09 Å². The van der Waals surface area contributed by atoms with Gasteiger partial charge in [0.15, 0.2) is 5.16 Å². The van der Waals surface area contributed by atoms with Crippen molar-refractivity contribution in [3.05, 3.63) is 77.9 Å². The van der Waals surface area contributed by atoms with Crippen LogP contribution in [0.4, 0.5) is 0 Å². The third kappa shape index (κ3) is 4.46. The number of nitrogens with zero attached hydrogens (tertiary/aromatic N) is 5. The molecule has 1 aliphatic carbocycles. The highest BCUT2D eigenvalue weighted by atomic mass is 32.2. The van der Waals surface area contributed by atoms with Crippen LogP contribution in [0.25, 0.3) is 11.4 Å². The third-order valence-electron chi connectivity index (χ3n) is 5.14. The summed E-state index contributed by atoms with van der Waals surface area (Å²) in [5, 5.41) is 14.1. The van der Waals surface area contributed by atoms with Crippen LogP contribution in [0.3, 0.4) is 0 Å². The van der Waals surface area contributed by atoms with Gasteiger partial charge in [-0.15, -0.1) is 10.2 Å². The zero-order chi connectivity index (χ0) is 20.2. The van der Waals surface area contributed by atoms with Gasteiger partial charge in [0.1, 0.15) is 5.82 Å². The smallest absolute Gasteiger partial charge is 0.226 e. The average molecular weight is 418 g/mol. The number of hydrogen-bond acceptors (Lipinski definition) is 6. The van der Waals surface area contributed by atoms with E-state index in [9.17, 15) is 0 Å². The summed E-state index contributed by atoms with van der Waals surface area (Å²) in [5.74, 6) is 3.96. The molecule has 152 valence electrons. The Labute approximate surface area is 179 Å². The van der Waals surface area contributed by atoms with Crippen molar-refractivity contribution < 1.29 is 4.52 Å². The fraction of sp³-hybridized carbons (Fsp3) is 0.304. The highest BCUT2D eigenvalue weighted by Crippen LogP contribution is 2.40. The number of thioether (sulfide) groups is 1. The predicted octanol–water partition coefficient (Wildman–Crippen LogP) is 4.98. The van der Waals surface area contributed by atoms with E-state index in [0.29, 0.717) is 17.6 Å². The van der Waals surface area contributed by atoms with Gasteiger partial charge in [0.05, 0.1) is 6.54 Å². The summed E-state index contributed by atoms with van der Waals surface area (Å²) >= 11 is 1.75. The molecule has 0 radical (unpaired) electrons. The Morgan fingerprint density at radius 1 is 0.967 bits per heavy atom. The summed E-state index contributed by atoms with van der Waals surface area (Å²) in [7, 11) is 0. The lowest BCUT2D eigenvalue weighted by atomic mass is 10.2. The topological polar surface area (TPSA) is 69.6 Å². The maximum Gasteiger partial charge on any atom is 0.226 e. The van der Waals surface area contributed by atoms with Gasteiger partial charge in [-0.3, -0.25) is 0 Å². The van der Waals surface area contributed by atoms with Crippen molar-refractivity contribution in [2.24, 2.45) is 0 Å². The monoisotopic (exact) mass is 417 g/mol. The van der Waals surface area contributed by atoms with E-state index in [1.807, 2.05) is 36.4 Å². The minimum absolute atomic E-state index is 0.574. The molecule has 1 saturated carbocycles. The van der Waals surface area contributed by atoms with Gasteiger partial charge in [-0.1, -0.05) is 77.6 Å². The Balaban J connectivity index is 1.19. The van der Waals surface area contributed by atoms with E-state index in [2.05, 4.69) is 49.2 Å². The maximum absolute atomic E-state index is 5.41. The largest absolute Gasteiger partial charge is 0.339 e. The molecule has 1 fully saturated rings. The van der Waals surface area contributed by atoms with Crippen molar-refractivity contribution in [1.29, 1.82) is 0 Å². The second-order valence-electron chi connectivity index (χ2n) is 7.52. The van der Waals surface area contributed by atoms with Crippen molar-refractivity contribution in [2.45, 2.75) is 43.3 Å². The quantitative estimate of drug-likeness (QED) is 0.283. The fourth-order valence-corrected chi connectivity index (χ4v) is 4.30. The molecule has 7 heteroatoms. The number of benzene rings is 2. The summed E-state index contributed by atoms with van der Waals surface area (Å²) < 4.78 is 7.70. The van der Waals surface area contributed by atoms with Crippen molar-refractivity contribution in [3.63, 3.8) is 0 Å². The highest BCUT2D eigenvalue weighted by molar-refractivity contribution is 7.99. The zero-order valence-electron chi connectivity index (χ0n) is 16.6. The van der Waals surface area contributed by atoms with Crippen LogP contribution in [0.1, 0.15) is 42.5 Å². The predicted molar refractivity (Wildman–Crippen MR) is 116 cm³/mol. The van der Waals surface area contributed by atoms with Crippen molar-refractivity contribution in [2.75, 3.05) is 5.75 Å². The molecule has 30 heavy (non-hydrogen) atoms. The van der Waals surface area contributed by atoms with Gasteiger partial charge in [0, 0.05) is 23.7 Å². The molecule has 2 heterocycles. The van der Waals surface area contributed by atoms with Gasteiger partial charge in [0.2, 0.25) is 11.7 Å². The molecule has 0 N–H and O–H groups in total. The van der Waals surface area contributed by atoms with Gasteiger partial charge in [-0.25, -0.2) is 0 Å². The first-order valence-corrected chi connectivity index (χ1v) is 11.3. The van der Waals surface area contributed by atoms with Gasteiger partial charge in [-0.05, 0) is 24.8 Å². The normalized spacial score (nSPS) is 13.6. The lowest BCUT2D eigenvalue weighted by Gasteiger charge is -2.09. The minimum atomic E-state index is 0.574. The van der Waals surface area contributed by atoms with Crippen LogP contribution >= 0.6 is 11.8 Å². The molecule has 0 aliphatic heterocycles. The van der Waals surface area contributed by atoms with Crippen LogP contribution in [-0.4, -0.2) is 30.7 Å². The molecule has 0 unspecified atom stereocenters. The van der Waals surface area contributed by atoms with E-state index in [1.54, 1.807) is 11.8 Å². The fourth-order valence-electron chi connectivity index (χ4n) is 3.41. The molecule has 0 saturated heterocycles. The van der Waals surface area contributed by atoms with Crippen LogP contribution in [0.15, 0.2) is 70.3 Å². The minimum Gasteiger partial charge on any atom is -0.339 e. The van der Waals surface area contributed by atoms with Crippen LogP contribution in [0.5, 0.6) is 0 Å². The maximum atomic E-state index is 5.41. The number of aryl methyl sites for hydroxylation is 1. The molecule has 0 atom stereocenters. The summed E-state index contributed by atoms with van der Waals surface area (Å²) in [6.07, 6.45) is 4.14. The van der Waals surface area contributed by atoms with Crippen molar-refractivity contribution in [3.8, 4) is 11.4 Å². The molecule has 2 aromatic carbocycles. The van der Waals surface area contributed by atoms with E-state index < -0.39 is 0 Å². The number of hydrogen-bond donors (Lipinski definition) is 0. The van der Waals surface area contributed by atoms with Crippen molar-refractivity contribution >= 4 is 11.8 Å². The first kappa shape index (κ1) is 19.1. The lowest BCUT2D eigenvalue weighted by molar-refractivity contribution is 0.378. The van der Waals surface area contributed by atoms with E-state index in [0.717, 1.165) is 41.7 Å². The average Bonchev–Trinajstić information content (AvgIpc) is 3.39. The molecular weight excluding hydrogens is 394 g/mol. The van der Waals surface area contributed by atoms with E-state index >= 15 is 0 Å². The molecule has 6 nitrogen and oxygen atoms in total.